The van der Waals surface area contributed by atoms with E-state index in [0.29, 0.717) is 30.9 Å². The lowest BCUT2D eigenvalue weighted by atomic mass is 9.83. The Morgan fingerprint density at radius 3 is 2.50 bits per heavy atom. The van der Waals surface area contributed by atoms with Gasteiger partial charge in [-0.1, -0.05) is 18.2 Å². The predicted octanol–water partition coefficient (Wildman–Crippen LogP) is 3.26. The van der Waals surface area contributed by atoms with E-state index in [2.05, 4.69) is 5.32 Å². The van der Waals surface area contributed by atoms with Crippen LogP contribution < -0.4 is 15.6 Å². The van der Waals surface area contributed by atoms with E-state index >= 15 is 0 Å². The zero-order valence-corrected chi connectivity index (χ0v) is 18.4. The molecule has 34 heavy (non-hydrogen) atoms. The Hall–Kier alpha value is -3.94. The summed E-state index contributed by atoms with van der Waals surface area (Å²) in [6.07, 6.45) is 0.892. The van der Waals surface area contributed by atoms with Crippen molar-refractivity contribution in [3.05, 3.63) is 94.2 Å². The summed E-state index contributed by atoms with van der Waals surface area (Å²) in [6.45, 7) is 1.29. The minimum atomic E-state index is -0.409. The molecule has 2 amide bonds. The second-order valence-corrected chi connectivity index (χ2v) is 8.75. The fourth-order valence-corrected chi connectivity index (χ4v) is 4.83. The smallest absolute Gasteiger partial charge is 0.274 e. The van der Waals surface area contributed by atoms with Crippen LogP contribution in [0.1, 0.15) is 28.4 Å². The van der Waals surface area contributed by atoms with E-state index in [1.807, 2.05) is 24.3 Å². The third kappa shape index (κ3) is 4.44. The highest BCUT2D eigenvalue weighted by Crippen LogP contribution is 2.36. The summed E-state index contributed by atoms with van der Waals surface area (Å²) < 4.78 is 20.4. The van der Waals surface area contributed by atoms with Crippen molar-refractivity contribution < 1.29 is 18.7 Å². The number of amides is 2. The van der Waals surface area contributed by atoms with Gasteiger partial charge in [-0.15, -0.1) is 0 Å². The highest BCUT2D eigenvalue weighted by molar-refractivity contribution is 5.94. The van der Waals surface area contributed by atoms with Gasteiger partial charge in [0.05, 0.1) is 0 Å². The molecule has 2 aromatic carbocycles. The molecular weight excluding hydrogens is 437 g/mol. The molecule has 5 rings (SSSR count). The number of hydrogen-bond donors (Lipinski definition) is 1. The van der Waals surface area contributed by atoms with Gasteiger partial charge in [0, 0.05) is 36.8 Å². The van der Waals surface area contributed by atoms with Gasteiger partial charge in [0.25, 0.3) is 17.4 Å². The van der Waals surface area contributed by atoms with Gasteiger partial charge in [0.2, 0.25) is 0 Å². The molecule has 1 aromatic heterocycles. The van der Waals surface area contributed by atoms with Gasteiger partial charge in [-0.25, -0.2) is 4.39 Å². The van der Waals surface area contributed by atoms with Crippen molar-refractivity contribution in [1.82, 2.24) is 9.47 Å². The minimum absolute atomic E-state index is 0.0239. The Morgan fingerprint density at radius 2 is 1.74 bits per heavy atom. The molecule has 0 radical (unpaired) electrons. The summed E-state index contributed by atoms with van der Waals surface area (Å²) >= 11 is 0. The van der Waals surface area contributed by atoms with E-state index in [1.54, 1.807) is 27.7 Å². The van der Waals surface area contributed by atoms with E-state index in [4.69, 9.17) is 4.74 Å². The Kier molecular flexibility index (Phi) is 5.88. The maximum atomic E-state index is 13.2. The fraction of sp³-hybridized carbons (Fsp3) is 0.269. The summed E-state index contributed by atoms with van der Waals surface area (Å²) in [5.74, 6) is -0.194. The summed E-state index contributed by atoms with van der Waals surface area (Å²) in [5, 5.41) is 2.66. The van der Waals surface area contributed by atoms with Crippen LogP contribution in [0.5, 0.6) is 5.75 Å². The van der Waals surface area contributed by atoms with Gasteiger partial charge < -0.3 is 19.5 Å². The van der Waals surface area contributed by atoms with E-state index in [-0.39, 0.29) is 41.4 Å². The number of nitrogens with zero attached hydrogens (tertiary/aromatic N) is 2. The van der Waals surface area contributed by atoms with Gasteiger partial charge in [0.15, 0.2) is 6.61 Å². The van der Waals surface area contributed by atoms with Gasteiger partial charge in [-0.05, 0) is 60.9 Å². The topological polar surface area (TPSA) is 80.6 Å². The first-order valence-electron chi connectivity index (χ1n) is 11.2. The standard InChI is InChI=1S/C26H24FN3O4/c27-20-8-6-18(7-9-20)25(32)29-13-17-12-19(15-29)23-11-10-22(26(33)30(23)14-17)28-24(31)16-34-21-4-2-1-3-5-21/h1-11,17,19H,12-16H2,(H,28,31)/t17-,19+/m0/s1. The average Bonchev–Trinajstić information content (AvgIpc) is 2.85. The van der Waals surface area contributed by atoms with Crippen LogP contribution in [0.4, 0.5) is 10.1 Å². The van der Waals surface area contributed by atoms with Crippen LogP contribution in [-0.4, -0.2) is 41.0 Å². The molecule has 2 bridgehead atoms. The number of piperidine rings is 1. The summed E-state index contributed by atoms with van der Waals surface area (Å²) in [4.78, 5) is 40.2. The predicted molar refractivity (Wildman–Crippen MR) is 124 cm³/mol. The number of benzene rings is 2. The van der Waals surface area contributed by atoms with Gasteiger partial charge >= 0.3 is 0 Å². The maximum Gasteiger partial charge on any atom is 0.274 e. The molecule has 2 atom stereocenters. The Labute approximate surface area is 195 Å². The molecule has 174 valence electrons. The van der Waals surface area contributed by atoms with Crippen LogP contribution in [0.2, 0.25) is 0 Å². The first kappa shape index (κ1) is 21.9. The van der Waals surface area contributed by atoms with Gasteiger partial charge in [0.1, 0.15) is 17.3 Å². The third-order valence-electron chi connectivity index (χ3n) is 6.37. The van der Waals surface area contributed by atoms with Crippen LogP contribution in [-0.2, 0) is 11.3 Å². The molecule has 8 heteroatoms. The number of pyridine rings is 1. The van der Waals surface area contributed by atoms with Crippen molar-refractivity contribution >= 4 is 17.5 Å². The zero-order valence-electron chi connectivity index (χ0n) is 18.4. The lowest BCUT2D eigenvalue weighted by Crippen LogP contribution is -2.49. The molecule has 7 nitrogen and oxygen atoms in total. The lowest BCUT2D eigenvalue weighted by Gasteiger charge is -2.43. The number of carbonyl (C=O) groups is 2. The van der Waals surface area contributed by atoms with Crippen LogP contribution >= 0.6 is 0 Å². The van der Waals surface area contributed by atoms with Crippen molar-refractivity contribution in [3.63, 3.8) is 0 Å². The van der Waals surface area contributed by atoms with E-state index in [0.717, 1.165) is 12.1 Å². The number of halogens is 1. The molecular formula is C26H24FN3O4. The largest absolute Gasteiger partial charge is 0.484 e. The second kappa shape index (κ2) is 9.13. The number of fused-ring (bicyclic) bond motifs is 4. The zero-order chi connectivity index (χ0) is 23.7. The number of hydrogen-bond acceptors (Lipinski definition) is 4. The number of rotatable bonds is 5. The number of ether oxygens (including phenoxy) is 1. The SMILES string of the molecule is O=C(COc1ccccc1)Nc1ccc2n(c1=O)C[C@H]1C[C@@H]2CN(C(=O)c2ccc(F)cc2)C1. The quantitative estimate of drug-likeness (QED) is 0.633. The monoisotopic (exact) mass is 461 g/mol. The highest BCUT2D eigenvalue weighted by atomic mass is 19.1. The van der Waals surface area contributed by atoms with Crippen molar-refractivity contribution in [1.29, 1.82) is 0 Å². The first-order valence-corrected chi connectivity index (χ1v) is 11.2. The number of para-hydroxylation sites is 1. The van der Waals surface area contributed by atoms with Crippen molar-refractivity contribution in [3.8, 4) is 5.75 Å². The minimum Gasteiger partial charge on any atom is -0.484 e. The third-order valence-corrected chi connectivity index (χ3v) is 6.37. The molecule has 1 N–H and O–H groups in total. The fourth-order valence-electron chi connectivity index (χ4n) is 4.83. The summed E-state index contributed by atoms with van der Waals surface area (Å²) in [5.41, 5.74) is 1.27. The average molecular weight is 461 g/mol. The summed E-state index contributed by atoms with van der Waals surface area (Å²) in [7, 11) is 0. The first-order chi connectivity index (χ1) is 16.5. The highest BCUT2D eigenvalue weighted by Gasteiger charge is 2.37. The molecule has 0 aliphatic carbocycles. The Bertz CT molecular complexity index is 1270. The maximum absolute atomic E-state index is 13.2. The molecule has 0 spiro atoms. The summed E-state index contributed by atoms with van der Waals surface area (Å²) in [6, 6.07) is 18.0. The molecule has 3 aromatic rings. The molecule has 2 aliphatic heterocycles. The molecule has 2 aliphatic rings. The van der Waals surface area contributed by atoms with E-state index in [9.17, 15) is 18.8 Å². The van der Waals surface area contributed by atoms with Crippen LogP contribution in [0.15, 0.2) is 71.5 Å². The molecule has 1 fully saturated rings. The lowest BCUT2D eigenvalue weighted by molar-refractivity contribution is -0.118. The van der Waals surface area contributed by atoms with Crippen LogP contribution in [0.25, 0.3) is 0 Å². The van der Waals surface area contributed by atoms with Gasteiger partial charge in [-0.2, -0.15) is 0 Å². The van der Waals surface area contributed by atoms with Gasteiger partial charge in [-0.3, -0.25) is 14.4 Å². The van der Waals surface area contributed by atoms with Crippen LogP contribution in [0.3, 0.4) is 0 Å². The molecule has 3 heterocycles. The molecule has 0 saturated carbocycles. The Balaban J connectivity index is 1.29. The molecule has 1 saturated heterocycles. The van der Waals surface area contributed by atoms with Crippen molar-refractivity contribution in [2.75, 3.05) is 25.0 Å². The number of anilines is 1. The Morgan fingerprint density at radius 1 is 0.971 bits per heavy atom. The second-order valence-electron chi connectivity index (χ2n) is 8.75. The van der Waals surface area contributed by atoms with Crippen molar-refractivity contribution in [2.24, 2.45) is 5.92 Å². The molecule has 0 unspecified atom stereocenters. The number of likely N-dealkylation sites (tertiary alicyclic amines) is 1. The van der Waals surface area contributed by atoms with Crippen molar-refractivity contribution in [2.45, 2.75) is 18.9 Å². The number of nitrogens with one attached hydrogen (secondary N) is 1. The number of carbonyl (C=O) groups excluding carboxylic acids is 2. The normalized spacial score (nSPS) is 18.7. The van der Waals surface area contributed by atoms with E-state index in [1.165, 1.54) is 24.3 Å². The van der Waals surface area contributed by atoms with E-state index < -0.39 is 5.91 Å². The van der Waals surface area contributed by atoms with Crippen LogP contribution in [0, 0.1) is 11.7 Å². The number of aromatic nitrogens is 1.